The zero-order valence-corrected chi connectivity index (χ0v) is 7.58. The predicted molar refractivity (Wildman–Crippen MR) is 42.7 cm³/mol. The van der Waals surface area contributed by atoms with Crippen molar-refractivity contribution >= 4 is 55.7 Å². The van der Waals surface area contributed by atoms with Gasteiger partial charge in [0, 0.05) is 0 Å². The van der Waals surface area contributed by atoms with Crippen LogP contribution in [-0.4, -0.2) is 14.7 Å². The van der Waals surface area contributed by atoms with Gasteiger partial charge in [0.05, 0.1) is 0 Å². The normalized spacial score (nSPS) is 7.38. The Morgan fingerprint density at radius 3 is 0.875 bits per heavy atom. The number of hydrogen-bond acceptors (Lipinski definition) is 1. The van der Waals surface area contributed by atoms with Crippen molar-refractivity contribution in [3.63, 3.8) is 0 Å². The summed E-state index contributed by atoms with van der Waals surface area (Å²) in [5.74, 6) is 0. The summed E-state index contributed by atoms with van der Waals surface area (Å²) in [5, 5.41) is 0. The van der Waals surface area contributed by atoms with E-state index in [-0.39, 0.29) is 37.2 Å². The standard InChI is InChI=1S/3ClH.H3O3PS/c;;;1-4(2,3)5/h3*1H;(H3,1,2,3,5). The Balaban J connectivity index is -0.0000000267. The van der Waals surface area contributed by atoms with Gasteiger partial charge in [0.1, 0.15) is 0 Å². The molecule has 0 aromatic carbocycles. The second-order valence-electron chi connectivity index (χ2n) is 0.513. The molecule has 0 spiro atoms. The average Bonchev–Trinajstić information content (AvgIpc) is 0.722. The fraction of sp³-hybridized carbons (Fsp3) is 0. The van der Waals surface area contributed by atoms with Crippen molar-refractivity contribution < 1.29 is 14.7 Å². The maximum atomic E-state index is 7.56. The lowest BCUT2D eigenvalue weighted by molar-refractivity contribution is 0.363. The van der Waals surface area contributed by atoms with Crippen LogP contribution >= 0.6 is 43.9 Å². The van der Waals surface area contributed by atoms with Gasteiger partial charge in [0.2, 0.25) is 0 Å². The first-order valence-electron chi connectivity index (χ1n) is 0.783. The van der Waals surface area contributed by atoms with Crippen LogP contribution in [0.25, 0.3) is 0 Å². The average molecular weight is 223 g/mol. The molecule has 3 N–H and O–H groups in total. The molecule has 0 unspecified atom stereocenters. The molecule has 0 atom stereocenters. The van der Waals surface area contributed by atoms with Gasteiger partial charge in [-0.1, -0.05) is 0 Å². The van der Waals surface area contributed by atoms with Gasteiger partial charge >= 0.3 is 6.72 Å². The molecule has 0 radical (unpaired) electrons. The maximum Gasteiger partial charge on any atom is 0.319 e. The summed E-state index contributed by atoms with van der Waals surface area (Å²) in [6.45, 7) is -3.81. The van der Waals surface area contributed by atoms with E-state index in [4.69, 9.17) is 14.7 Å². The topological polar surface area (TPSA) is 60.7 Å². The Kier molecular flexibility index (Phi) is 23.9. The van der Waals surface area contributed by atoms with Crippen LogP contribution in [0.5, 0.6) is 0 Å². The molecule has 0 saturated heterocycles. The third-order valence-electron chi connectivity index (χ3n) is 0. The summed E-state index contributed by atoms with van der Waals surface area (Å²) < 4.78 is 0. The largest absolute Gasteiger partial charge is 0.325 e. The molecule has 3 nitrogen and oxygen atoms in total. The summed E-state index contributed by atoms with van der Waals surface area (Å²) in [4.78, 5) is 22.7. The van der Waals surface area contributed by atoms with E-state index >= 15 is 0 Å². The maximum absolute atomic E-state index is 7.56. The lowest BCUT2D eigenvalue weighted by atomic mass is 15.8. The minimum absolute atomic E-state index is 0. The van der Waals surface area contributed by atoms with Crippen LogP contribution in [0.1, 0.15) is 0 Å². The van der Waals surface area contributed by atoms with Gasteiger partial charge in [-0.2, -0.15) is 0 Å². The van der Waals surface area contributed by atoms with Crippen LogP contribution in [0.2, 0.25) is 0 Å². The fourth-order valence-electron chi connectivity index (χ4n) is 0. The molecule has 0 aromatic rings. The molecule has 8 heavy (non-hydrogen) atoms. The minimum Gasteiger partial charge on any atom is -0.325 e. The molecule has 0 rings (SSSR count). The zero-order chi connectivity index (χ0) is 4.50. The summed E-state index contributed by atoms with van der Waals surface area (Å²) in [6.07, 6.45) is 0. The third kappa shape index (κ3) is 155. The van der Waals surface area contributed by atoms with E-state index in [1.165, 1.54) is 0 Å². The SMILES string of the molecule is Cl.Cl.Cl.OP(O)(O)=S. The Labute approximate surface area is 70.6 Å². The first kappa shape index (κ1) is 22.7. The summed E-state index contributed by atoms with van der Waals surface area (Å²) in [6, 6.07) is 0. The van der Waals surface area contributed by atoms with Crippen molar-refractivity contribution in [1.82, 2.24) is 0 Å². The van der Waals surface area contributed by atoms with Crippen LogP contribution in [0.4, 0.5) is 0 Å². The second kappa shape index (κ2) is 8.40. The monoisotopic (exact) mass is 222 g/mol. The van der Waals surface area contributed by atoms with Gasteiger partial charge < -0.3 is 14.7 Å². The Morgan fingerprint density at radius 1 is 0.875 bits per heavy atom. The molecular formula is H6Cl3O3PS. The van der Waals surface area contributed by atoms with Crippen LogP contribution in [0.3, 0.4) is 0 Å². The van der Waals surface area contributed by atoms with Crippen molar-refractivity contribution in [2.24, 2.45) is 0 Å². The molecule has 0 bridgehead atoms. The zero-order valence-electron chi connectivity index (χ0n) is 3.42. The predicted octanol–water partition coefficient (Wildman–Crippen LogP) is 0.453. The Hall–Kier alpha value is 1.40. The fourth-order valence-corrected chi connectivity index (χ4v) is 0. The first-order valence-corrected chi connectivity index (χ1v) is 3.44. The molecule has 0 aromatic heterocycles. The Morgan fingerprint density at radius 2 is 0.875 bits per heavy atom. The van der Waals surface area contributed by atoms with Crippen LogP contribution in [0, 0.1) is 0 Å². The summed E-state index contributed by atoms with van der Waals surface area (Å²) in [5.41, 5.74) is 0. The van der Waals surface area contributed by atoms with E-state index < -0.39 is 6.72 Å². The lowest BCUT2D eigenvalue weighted by Gasteiger charge is -1.88. The van der Waals surface area contributed by atoms with Crippen molar-refractivity contribution in [2.75, 3.05) is 0 Å². The van der Waals surface area contributed by atoms with Crippen LogP contribution < -0.4 is 0 Å². The smallest absolute Gasteiger partial charge is 0.319 e. The van der Waals surface area contributed by atoms with Crippen molar-refractivity contribution in [3.05, 3.63) is 0 Å². The highest BCUT2D eigenvalue weighted by molar-refractivity contribution is 8.06. The second-order valence-corrected chi connectivity index (χ2v) is 3.01. The minimum atomic E-state index is -3.81. The molecule has 8 heteroatoms. The molecular weight excluding hydrogens is 217 g/mol. The van der Waals surface area contributed by atoms with Crippen molar-refractivity contribution in [3.8, 4) is 0 Å². The number of hydrogen-bond donors (Lipinski definition) is 3. The van der Waals surface area contributed by atoms with E-state index in [0.29, 0.717) is 0 Å². The molecule has 0 saturated carbocycles. The van der Waals surface area contributed by atoms with Crippen molar-refractivity contribution in [1.29, 1.82) is 0 Å². The highest BCUT2D eigenvalue weighted by atomic mass is 35.5. The van der Waals surface area contributed by atoms with Gasteiger partial charge in [-0.15, -0.1) is 37.2 Å². The van der Waals surface area contributed by atoms with Crippen molar-refractivity contribution in [2.45, 2.75) is 0 Å². The van der Waals surface area contributed by atoms with E-state index in [1.807, 2.05) is 0 Å². The number of halogens is 3. The molecule has 0 aliphatic heterocycles. The van der Waals surface area contributed by atoms with Gasteiger partial charge in [0.15, 0.2) is 0 Å². The lowest BCUT2D eigenvalue weighted by Crippen LogP contribution is -1.65. The van der Waals surface area contributed by atoms with E-state index in [0.717, 1.165) is 0 Å². The van der Waals surface area contributed by atoms with Crippen LogP contribution in [0.15, 0.2) is 0 Å². The van der Waals surface area contributed by atoms with Gasteiger partial charge in [-0.3, -0.25) is 0 Å². The molecule has 0 heterocycles. The van der Waals surface area contributed by atoms with E-state index in [1.54, 1.807) is 0 Å². The molecule has 0 aliphatic carbocycles. The van der Waals surface area contributed by atoms with E-state index in [2.05, 4.69) is 11.8 Å². The van der Waals surface area contributed by atoms with Gasteiger partial charge in [0.25, 0.3) is 0 Å². The summed E-state index contributed by atoms with van der Waals surface area (Å²) >= 11 is 3.60. The summed E-state index contributed by atoms with van der Waals surface area (Å²) in [7, 11) is 0. The molecule has 0 fully saturated rings. The van der Waals surface area contributed by atoms with Crippen LogP contribution in [-0.2, 0) is 11.8 Å². The quantitative estimate of drug-likeness (QED) is 0.522. The molecule has 0 aliphatic rings. The van der Waals surface area contributed by atoms with Gasteiger partial charge in [-0.25, -0.2) is 0 Å². The molecule has 56 valence electrons. The molecule has 0 amide bonds. The highest BCUT2D eigenvalue weighted by Gasteiger charge is 1.92. The number of rotatable bonds is 0. The first-order chi connectivity index (χ1) is 2.00. The van der Waals surface area contributed by atoms with E-state index in [9.17, 15) is 0 Å². The third-order valence-corrected chi connectivity index (χ3v) is 0. The highest BCUT2D eigenvalue weighted by Crippen LogP contribution is 2.26. The van der Waals surface area contributed by atoms with Gasteiger partial charge in [-0.05, 0) is 11.8 Å². The Bertz CT molecular complexity index is 60.7.